The van der Waals surface area contributed by atoms with Gasteiger partial charge >= 0.3 is 0 Å². The monoisotopic (exact) mass is 306 g/mol. The highest BCUT2D eigenvalue weighted by molar-refractivity contribution is 6.30. The zero-order chi connectivity index (χ0) is 15.1. The van der Waals surface area contributed by atoms with E-state index < -0.39 is 5.41 Å². The van der Waals surface area contributed by atoms with Crippen molar-refractivity contribution in [3.63, 3.8) is 0 Å². The Morgan fingerprint density at radius 1 is 1.19 bits per heavy atom. The molecule has 2 amide bonds. The Hall–Kier alpha value is -1.55. The largest absolute Gasteiger partial charge is 0.369 e. The third-order valence-electron chi connectivity index (χ3n) is 5.06. The molecule has 2 aliphatic rings. The molecule has 0 heterocycles. The van der Waals surface area contributed by atoms with Gasteiger partial charge in [0.2, 0.25) is 5.91 Å². The molecule has 1 aromatic carbocycles. The van der Waals surface area contributed by atoms with E-state index in [1.807, 2.05) is 0 Å². The van der Waals surface area contributed by atoms with Crippen molar-refractivity contribution in [2.45, 2.75) is 44.1 Å². The van der Waals surface area contributed by atoms with E-state index in [0.717, 1.165) is 32.1 Å². The lowest BCUT2D eigenvalue weighted by atomic mass is 9.72. The number of carbonyl (C=O) groups is 2. The van der Waals surface area contributed by atoms with Gasteiger partial charge in [0.1, 0.15) is 0 Å². The fourth-order valence-electron chi connectivity index (χ4n) is 3.94. The molecule has 2 atom stereocenters. The summed E-state index contributed by atoms with van der Waals surface area (Å²) < 4.78 is 0. The number of nitrogens with two attached hydrogens (primary N) is 1. The molecule has 2 aliphatic carbocycles. The quantitative estimate of drug-likeness (QED) is 0.901. The van der Waals surface area contributed by atoms with Gasteiger partial charge in [0, 0.05) is 16.1 Å². The average molecular weight is 307 g/mol. The number of primary amides is 1. The molecule has 2 saturated carbocycles. The Morgan fingerprint density at radius 2 is 2.00 bits per heavy atom. The summed E-state index contributed by atoms with van der Waals surface area (Å²) in [4.78, 5) is 24.2. The Labute approximate surface area is 129 Å². The molecule has 3 rings (SSSR count). The lowest BCUT2D eigenvalue weighted by Crippen LogP contribution is -2.51. The van der Waals surface area contributed by atoms with E-state index in [1.54, 1.807) is 24.3 Å². The number of rotatable bonds is 3. The second-order valence-electron chi connectivity index (χ2n) is 6.42. The van der Waals surface area contributed by atoms with Crippen molar-refractivity contribution in [2.24, 2.45) is 11.1 Å². The van der Waals surface area contributed by atoms with Gasteiger partial charge in [0.05, 0.1) is 5.41 Å². The number of hydrogen-bond donors (Lipinski definition) is 2. The van der Waals surface area contributed by atoms with Gasteiger partial charge in [-0.25, -0.2) is 0 Å². The standard InChI is InChI=1S/C16H19ClN2O2/c17-12-4-1-3-11(9-12)13(20)19-16-6-2-5-15(10-16,7-8-16)14(18)21/h1,3-4,9H,2,5-8,10H2,(H2,18,21)(H,19,20)/t15-,16+/m0/s1. The Balaban J connectivity index is 1.79. The summed E-state index contributed by atoms with van der Waals surface area (Å²) in [6, 6.07) is 6.91. The van der Waals surface area contributed by atoms with Crippen LogP contribution in [0.25, 0.3) is 0 Å². The first-order valence-corrected chi connectivity index (χ1v) is 7.71. The van der Waals surface area contributed by atoms with E-state index in [4.69, 9.17) is 17.3 Å². The summed E-state index contributed by atoms with van der Waals surface area (Å²) in [6.07, 6.45) is 4.95. The molecule has 2 fully saturated rings. The second-order valence-corrected chi connectivity index (χ2v) is 6.86. The Kier molecular flexibility index (Phi) is 3.44. The average Bonchev–Trinajstić information content (AvgIpc) is 2.71. The van der Waals surface area contributed by atoms with Crippen LogP contribution in [-0.4, -0.2) is 17.4 Å². The minimum atomic E-state index is -0.417. The summed E-state index contributed by atoms with van der Waals surface area (Å²) in [5.41, 5.74) is 5.44. The highest BCUT2D eigenvalue weighted by Gasteiger charge is 2.54. The second kappa shape index (κ2) is 5.02. The van der Waals surface area contributed by atoms with Crippen molar-refractivity contribution in [3.05, 3.63) is 34.9 Å². The van der Waals surface area contributed by atoms with Crippen LogP contribution in [0.15, 0.2) is 24.3 Å². The number of nitrogens with one attached hydrogen (secondary N) is 1. The molecule has 0 aliphatic heterocycles. The number of carbonyl (C=O) groups excluding carboxylic acids is 2. The number of halogens is 1. The molecule has 21 heavy (non-hydrogen) atoms. The minimum Gasteiger partial charge on any atom is -0.369 e. The molecule has 0 spiro atoms. The van der Waals surface area contributed by atoms with E-state index in [-0.39, 0.29) is 17.4 Å². The normalized spacial score (nSPS) is 30.9. The van der Waals surface area contributed by atoms with E-state index in [1.165, 1.54) is 0 Å². The van der Waals surface area contributed by atoms with Crippen molar-refractivity contribution in [1.29, 1.82) is 0 Å². The minimum absolute atomic E-state index is 0.125. The van der Waals surface area contributed by atoms with Crippen LogP contribution in [0.2, 0.25) is 5.02 Å². The first-order chi connectivity index (χ1) is 9.95. The molecule has 1 aromatic rings. The van der Waals surface area contributed by atoms with Crippen LogP contribution in [-0.2, 0) is 4.79 Å². The number of hydrogen-bond acceptors (Lipinski definition) is 2. The van der Waals surface area contributed by atoms with Crippen LogP contribution in [0.4, 0.5) is 0 Å². The zero-order valence-corrected chi connectivity index (χ0v) is 12.6. The zero-order valence-electron chi connectivity index (χ0n) is 11.8. The van der Waals surface area contributed by atoms with Gasteiger partial charge in [-0.3, -0.25) is 9.59 Å². The first kappa shape index (κ1) is 14.4. The molecule has 5 heteroatoms. The van der Waals surface area contributed by atoms with Gasteiger partial charge in [0.25, 0.3) is 5.91 Å². The van der Waals surface area contributed by atoms with Crippen LogP contribution in [0, 0.1) is 5.41 Å². The third-order valence-corrected chi connectivity index (χ3v) is 5.29. The molecule has 112 valence electrons. The van der Waals surface area contributed by atoms with Crippen molar-refractivity contribution in [1.82, 2.24) is 5.32 Å². The first-order valence-electron chi connectivity index (χ1n) is 7.33. The maximum Gasteiger partial charge on any atom is 0.251 e. The number of amides is 2. The smallest absolute Gasteiger partial charge is 0.251 e. The summed E-state index contributed by atoms with van der Waals surface area (Å²) in [7, 11) is 0. The lowest BCUT2D eigenvalue weighted by Gasteiger charge is -2.38. The number of benzene rings is 1. The van der Waals surface area contributed by atoms with Gasteiger partial charge in [-0.2, -0.15) is 0 Å². The molecule has 0 saturated heterocycles. The Bertz CT molecular complexity index is 604. The summed E-state index contributed by atoms with van der Waals surface area (Å²) >= 11 is 5.93. The van der Waals surface area contributed by atoms with Crippen LogP contribution in [0.3, 0.4) is 0 Å². The SMILES string of the molecule is NC(=O)[C@@]12CCC[C@@](NC(=O)c3cccc(Cl)c3)(CC1)C2. The summed E-state index contributed by atoms with van der Waals surface area (Å²) in [5.74, 6) is -0.347. The number of fused-ring (bicyclic) bond motifs is 2. The fourth-order valence-corrected chi connectivity index (χ4v) is 4.13. The maximum absolute atomic E-state index is 12.4. The molecule has 4 nitrogen and oxygen atoms in total. The van der Waals surface area contributed by atoms with Crippen molar-refractivity contribution >= 4 is 23.4 Å². The van der Waals surface area contributed by atoms with E-state index >= 15 is 0 Å². The molecule has 0 unspecified atom stereocenters. The van der Waals surface area contributed by atoms with Crippen LogP contribution in [0.1, 0.15) is 48.9 Å². The van der Waals surface area contributed by atoms with Crippen molar-refractivity contribution in [2.75, 3.05) is 0 Å². The predicted molar refractivity (Wildman–Crippen MR) is 81.0 cm³/mol. The molecular weight excluding hydrogens is 288 g/mol. The third kappa shape index (κ3) is 2.53. The highest BCUT2D eigenvalue weighted by atomic mass is 35.5. The van der Waals surface area contributed by atoms with Gasteiger partial charge in [-0.1, -0.05) is 24.1 Å². The molecular formula is C16H19ClN2O2. The van der Waals surface area contributed by atoms with E-state index in [2.05, 4.69) is 5.32 Å². The maximum atomic E-state index is 12.4. The molecule has 2 bridgehead atoms. The van der Waals surface area contributed by atoms with E-state index in [0.29, 0.717) is 17.0 Å². The van der Waals surface area contributed by atoms with Crippen LogP contribution < -0.4 is 11.1 Å². The molecule has 0 radical (unpaired) electrons. The highest BCUT2D eigenvalue weighted by Crippen LogP contribution is 2.53. The summed E-state index contributed by atoms with van der Waals surface area (Å²) in [6.45, 7) is 0. The van der Waals surface area contributed by atoms with Crippen molar-refractivity contribution < 1.29 is 9.59 Å². The van der Waals surface area contributed by atoms with Crippen LogP contribution in [0.5, 0.6) is 0 Å². The Morgan fingerprint density at radius 3 is 2.71 bits per heavy atom. The summed E-state index contributed by atoms with van der Waals surface area (Å²) in [5, 5.41) is 3.68. The molecule has 3 N–H and O–H groups in total. The van der Waals surface area contributed by atoms with Gasteiger partial charge in [0.15, 0.2) is 0 Å². The van der Waals surface area contributed by atoms with E-state index in [9.17, 15) is 9.59 Å². The van der Waals surface area contributed by atoms with Crippen molar-refractivity contribution in [3.8, 4) is 0 Å². The lowest BCUT2D eigenvalue weighted by molar-refractivity contribution is -0.128. The predicted octanol–water partition coefficient (Wildman–Crippen LogP) is 2.65. The fraction of sp³-hybridized carbons (Fsp3) is 0.500. The van der Waals surface area contributed by atoms with Gasteiger partial charge in [-0.05, 0) is 50.3 Å². The van der Waals surface area contributed by atoms with Gasteiger partial charge < -0.3 is 11.1 Å². The molecule has 0 aromatic heterocycles. The van der Waals surface area contributed by atoms with Crippen LogP contribution >= 0.6 is 11.6 Å². The van der Waals surface area contributed by atoms with Gasteiger partial charge in [-0.15, -0.1) is 0 Å². The topological polar surface area (TPSA) is 72.2 Å².